The van der Waals surface area contributed by atoms with Gasteiger partial charge >= 0.3 is 0 Å². The Balaban J connectivity index is 2.30. The Labute approximate surface area is 111 Å². The molecule has 2 rings (SSSR count). The fraction of sp³-hybridized carbons (Fsp3) is 0.455. The van der Waals surface area contributed by atoms with E-state index in [0.717, 1.165) is 5.56 Å². The molecule has 1 aromatic rings. The summed E-state index contributed by atoms with van der Waals surface area (Å²) in [5.74, 6) is -0.249. The van der Waals surface area contributed by atoms with Crippen molar-refractivity contribution in [3.63, 3.8) is 0 Å². The van der Waals surface area contributed by atoms with Crippen LogP contribution in [0.1, 0.15) is 24.0 Å². The Kier molecular flexibility index (Phi) is 3.24. The topological polar surface area (TPSA) is 68.3 Å². The fourth-order valence-corrected chi connectivity index (χ4v) is 4.47. The van der Waals surface area contributed by atoms with Crippen molar-refractivity contribution in [3.8, 4) is 0 Å². The minimum absolute atomic E-state index is 0.249. The molecule has 1 aromatic carbocycles. The van der Waals surface area contributed by atoms with Crippen molar-refractivity contribution in [2.45, 2.75) is 23.3 Å². The van der Waals surface area contributed by atoms with Crippen molar-refractivity contribution in [1.29, 1.82) is 0 Å². The van der Waals surface area contributed by atoms with Gasteiger partial charge in [-0.2, -0.15) is 0 Å². The van der Waals surface area contributed by atoms with Crippen molar-refractivity contribution in [1.82, 2.24) is 0 Å². The van der Waals surface area contributed by atoms with E-state index in [2.05, 4.69) is 0 Å². The summed E-state index contributed by atoms with van der Waals surface area (Å²) >= 11 is 0. The van der Waals surface area contributed by atoms with Gasteiger partial charge in [0.25, 0.3) is 0 Å². The highest BCUT2D eigenvalue weighted by Crippen LogP contribution is 2.52. The van der Waals surface area contributed by atoms with Crippen molar-refractivity contribution in [2.24, 2.45) is 0 Å². The lowest BCUT2D eigenvalue weighted by Crippen LogP contribution is -2.19. The highest BCUT2D eigenvalue weighted by Gasteiger charge is 2.53. The van der Waals surface area contributed by atoms with E-state index in [1.165, 1.54) is 6.26 Å². The molecule has 1 aliphatic carbocycles. The second-order valence-electron chi connectivity index (χ2n) is 4.65. The van der Waals surface area contributed by atoms with Gasteiger partial charge in [-0.25, -0.2) is 16.8 Å². The van der Waals surface area contributed by atoms with Gasteiger partial charge in [-0.05, 0) is 24.0 Å². The van der Waals surface area contributed by atoms with E-state index in [4.69, 9.17) is 10.7 Å². The second kappa shape index (κ2) is 4.21. The van der Waals surface area contributed by atoms with Crippen molar-refractivity contribution in [2.75, 3.05) is 6.26 Å². The molecule has 0 heterocycles. The Hall–Kier alpha value is -0.590. The van der Waals surface area contributed by atoms with Crippen LogP contribution in [0.25, 0.3) is 0 Å². The molecule has 0 bridgehead atoms. The number of hydrogen-bond acceptors (Lipinski definition) is 4. The van der Waals surface area contributed by atoms with Crippen LogP contribution < -0.4 is 0 Å². The van der Waals surface area contributed by atoms with Gasteiger partial charge < -0.3 is 0 Å². The molecule has 7 heteroatoms. The highest BCUT2D eigenvalue weighted by atomic mass is 35.7. The summed E-state index contributed by atoms with van der Waals surface area (Å²) in [4.78, 5) is 0. The maximum Gasteiger partial charge on any atom is 0.236 e. The molecule has 0 aromatic heterocycles. The van der Waals surface area contributed by atoms with Gasteiger partial charge in [-0.15, -0.1) is 0 Å². The molecule has 1 fully saturated rings. The third-order valence-corrected chi connectivity index (χ3v) is 6.30. The van der Waals surface area contributed by atoms with Crippen LogP contribution in [-0.2, 0) is 29.4 Å². The van der Waals surface area contributed by atoms with E-state index >= 15 is 0 Å². The monoisotopic (exact) mass is 308 g/mol. The van der Waals surface area contributed by atoms with E-state index in [1.54, 1.807) is 24.3 Å². The molecular formula is C11H13ClO4S2. The third-order valence-electron chi connectivity index (χ3n) is 3.23. The van der Waals surface area contributed by atoms with Crippen LogP contribution in [0.15, 0.2) is 24.3 Å². The lowest BCUT2D eigenvalue weighted by molar-refractivity contribution is 0.586. The first-order valence-corrected chi connectivity index (χ1v) is 9.72. The first-order chi connectivity index (χ1) is 8.14. The van der Waals surface area contributed by atoms with Gasteiger partial charge in [0.15, 0.2) is 9.84 Å². The van der Waals surface area contributed by atoms with Crippen LogP contribution in [0.3, 0.4) is 0 Å². The minimum Gasteiger partial charge on any atom is -0.228 e. The number of rotatable bonds is 4. The molecule has 18 heavy (non-hydrogen) atoms. The van der Waals surface area contributed by atoms with Gasteiger partial charge in [-0.3, -0.25) is 0 Å². The molecule has 0 amide bonds. The molecule has 100 valence electrons. The summed E-state index contributed by atoms with van der Waals surface area (Å²) in [6, 6.07) is 6.57. The number of hydrogen-bond donors (Lipinski definition) is 0. The van der Waals surface area contributed by atoms with Crippen molar-refractivity contribution < 1.29 is 16.8 Å². The minimum atomic E-state index is -3.58. The summed E-state index contributed by atoms with van der Waals surface area (Å²) in [5.41, 5.74) is 1.28. The Morgan fingerprint density at radius 1 is 1.11 bits per heavy atom. The first-order valence-electron chi connectivity index (χ1n) is 5.35. The first kappa shape index (κ1) is 13.8. The zero-order chi connectivity index (χ0) is 13.6. The lowest BCUT2D eigenvalue weighted by Gasteiger charge is -2.13. The summed E-state index contributed by atoms with van der Waals surface area (Å²) in [7, 11) is -1.56. The van der Waals surface area contributed by atoms with Gasteiger partial charge in [0, 0.05) is 16.9 Å². The fourth-order valence-electron chi connectivity index (χ4n) is 2.09. The van der Waals surface area contributed by atoms with Gasteiger partial charge in [0.05, 0.1) is 10.5 Å². The van der Waals surface area contributed by atoms with Gasteiger partial charge in [0.2, 0.25) is 9.05 Å². The maximum absolute atomic E-state index is 11.7. The lowest BCUT2D eigenvalue weighted by atomic mass is 10.1. The molecule has 0 N–H and O–H groups in total. The van der Waals surface area contributed by atoms with E-state index in [0.29, 0.717) is 18.4 Å². The molecule has 0 atom stereocenters. The van der Waals surface area contributed by atoms with E-state index in [1.807, 2.05) is 0 Å². The normalized spacial score (nSPS) is 18.6. The largest absolute Gasteiger partial charge is 0.236 e. The summed E-state index contributed by atoms with van der Waals surface area (Å²) in [6.07, 6.45) is 2.48. The van der Waals surface area contributed by atoms with Gasteiger partial charge in [0.1, 0.15) is 0 Å². The van der Waals surface area contributed by atoms with Crippen LogP contribution in [0.5, 0.6) is 0 Å². The molecule has 0 radical (unpaired) electrons. The highest BCUT2D eigenvalue weighted by molar-refractivity contribution is 8.13. The SMILES string of the molecule is CS(=O)(=O)C1(c2ccc(CS(=O)(=O)Cl)cc2)CC1. The predicted octanol–water partition coefficient (Wildman–Crippen LogP) is 1.79. The van der Waals surface area contributed by atoms with Crippen LogP contribution >= 0.6 is 10.7 Å². The summed E-state index contributed by atoms with van der Waals surface area (Å²) in [6.45, 7) is 0. The van der Waals surface area contributed by atoms with Crippen LogP contribution in [-0.4, -0.2) is 23.1 Å². The average Bonchev–Trinajstić information content (AvgIpc) is 2.95. The third kappa shape index (κ3) is 2.70. The van der Waals surface area contributed by atoms with E-state index in [-0.39, 0.29) is 5.75 Å². The molecule has 0 unspecified atom stereocenters. The standard InChI is InChI=1S/C11H13ClO4S2/c1-17(13,14)11(6-7-11)10-4-2-9(3-5-10)8-18(12,15)16/h2-5H,6-8H2,1H3. The molecule has 1 aliphatic rings. The Bertz CT molecular complexity index is 655. The Morgan fingerprint density at radius 2 is 1.61 bits per heavy atom. The van der Waals surface area contributed by atoms with Crippen LogP contribution in [0.2, 0.25) is 0 Å². The maximum atomic E-state index is 11.7. The zero-order valence-electron chi connectivity index (χ0n) is 9.76. The van der Waals surface area contributed by atoms with Crippen LogP contribution in [0, 0.1) is 0 Å². The number of benzene rings is 1. The predicted molar refractivity (Wildman–Crippen MR) is 70.7 cm³/mol. The summed E-state index contributed by atoms with van der Waals surface area (Å²) < 4.78 is 44.5. The second-order valence-corrected chi connectivity index (χ2v) is 9.75. The van der Waals surface area contributed by atoms with Crippen LogP contribution in [0.4, 0.5) is 0 Å². The zero-order valence-corrected chi connectivity index (χ0v) is 12.1. The van der Waals surface area contributed by atoms with E-state index < -0.39 is 23.6 Å². The van der Waals surface area contributed by atoms with Crippen molar-refractivity contribution >= 4 is 29.6 Å². The molecular weight excluding hydrogens is 296 g/mol. The number of halogens is 1. The van der Waals surface area contributed by atoms with E-state index in [9.17, 15) is 16.8 Å². The average molecular weight is 309 g/mol. The Morgan fingerprint density at radius 3 is 1.94 bits per heavy atom. The molecule has 1 saturated carbocycles. The molecule has 0 aliphatic heterocycles. The molecule has 0 spiro atoms. The van der Waals surface area contributed by atoms with Gasteiger partial charge in [-0.1, -0.05) is 24.3 Å². The molecule has 0 saturated heterocycles. The summed E-state index contributed by atoms with van der Waals surface area (Å²) in [5, 5.41) is 0. The van der Waals surface area contributed by atoms with Crippen molar-refractivity contribution in [3.05, 3.63) is 35.4 Å². The number of sulfone groups is 1. The quantitative estimate of drug-likeness (QED) is 0.795. The molecule has 4 nitrogen and oxygen atoms in total. The smallest absolute Gasteiger partial charge is 0.228 e.